The van der Waals surface area contributed by atoms with Crippen molar-refractivity contribution in [1.82, 2.24) is 0 Å². The van der Waals surface area contributed by atoms with Gasteiger partial charge in [-0.25, -0.2) is 13.8 Å². The molecule has 27 heavy (non-hydrogen) atoms. The van der Waals surface area contributed by atoms with Crippen LogP contribution in [0.5, 0.6) is 5.75 Å². The van der Waals surface area contributed by atoms with Crippen molar-refractivity contribution in [2.45, 2.75) is 51.2 Å². The first-order chi connectivity index (χ1) is 13.1. The Balaban J connectivity index is 1.53. The second-order valence-electron chi connectivity index (χ2n) is 7.25. The maximum absolute atomic E-state index is 14.0. The predicted octanol–water partition coefficient (Wildman–Crippen LogP) is 5.50. The zero-order valence-corrected chi connectivity index (χ0v) is 15.4. The molecule has 0 saturated heterocycles. The molecule has 2 aliphatic rings. The molecule has 0 radical (unpaired) electrons. The third kappa shape index (κ3) is 3.82. The van der Waals surface area contributed by atoms with E-state index in [-0.39, 0.29) is 24.1 Å². The normalized spacial score (nSPS) is 20.3. The predicted molar refractivity (Wildman–Crippen MR) is 100 cm³/mol. The van der Waals surface area contributed by atoms with E-state index in [1.807, 2.05) is 25.1 Å². The smallest absolute Gasteiger partial charge is 0.222 e. The number of halogens is 2. The van der Waals surface area contributed by atoms with Crippen molar-refractivity contribution in [3.05, 3.63) is 64.7 Å². The Morgan fingerprint density at radius 3 is 2.48 bits per heavy atom. The summed E-state index contributed by atoms with van der Waals surface area (Å²) in [5.74, 6) is -0.436. The molecule has 142 valence electrons. The van der Waals surface area contributed by atoms with E-state index < -0.39 is 11.6 Å². The molecule has 1 unspecified atom stereocenters. The summed E-state index contributed by atoms with van der Waals surface area (Å²) in [7, 11) is 0. The third-order valence-electron chi connectivity index (χ3n) is 5.28. The van der Waals surface area contributed by atoms with Crippen molar-refractivity contribution >= 4 is 5.90 Å². The molecular formula is C22H23F2NO2. The quantitative estimate of drug-likeness (QED) is 0.710. The lowest BCUT2D eigenvalue weighted by Crippen LogP contribution is -2.19. The first kappa shape index (κ1) is 18.0. The molecular weight excluding hydrogens is 348 g/mol. The lowest BCUT2D eigenvalue weighted by Gasteiger charge is -2.23. The average Bonchev–Trinajstić information content (AvgIpc) is 3.12. The Bertz CT molecular complexity index is 839. The van der Waals surface area contributed by atoms with Gasteiger partial charge in [0.2, 0.25) is 5.90 Å². The van der Waals surface area contributed by atoms with Crippen molar-refractivity contribution < 1.29 is 18.3 Å². The molecule has 1 aliphatic heterocycles. The Morgan fingerprint density at radius 1 is 1.04 bits per heavy atom. The Morgan fingerprint density at radius 2 is 1.78 bits per heavy atom. The molecule has 0 spiro atoms. The summed E-state index contributed by atoms with van der Waals surface area (Å²) >= 11 is 0. The monoisotopic (exact) mass is 371 g/mol. The van der Waals surface area contributed by atoms with Crippen LogP contribution in [0.15, 0.2) is 41.4 Å². The molecule has 2 aromatic rings. The van der Waals surface area contributed by atoms with E-state index in [1.165, 1.54) is 37.5 Å². The van der Waals surface area contributed by atoms with Crippen LogP contribution in [0.2, 0.25) is 0 Å². The second-order valence-corrected chi connectivity index (χ2v) is 7.25. The second kappa shape index (κ2) is 7.67. The first-order valence-corrected chi connectivity index (χ1v) is 9.54. The van der Waals surface area contributed by atoms with E-state index in [0.717, 1.165) is 29.7 Å². The summed E-state index contributed by atoms with van der Waals surface area (Å²) in [4.78, 5) is 4.43. The van der Waals surface area contributed by atoms with Crippen molar-refractivity contribution in [2.24, 2.45) is 4.99 Å². The summed E-state index contributed by atoms with van der Waals surface area (Å²) < 4.78 is 39.6. The number of benzene rings is 2. The zero-order chi connectivity index (χ0) is 18.8. The number of nitrogens with zero attached hydrogens (tertiary/aromatic N) is 1. The largest absolute Gasteiger partial charge is 0.490 e. The van der Waals surface area contributed by atoms with Gasteiger partial charge in [-0.1, -0.05) is 18.6 Å². The molecule has 1 saturated carbocycles. The van der Waals surface area contributed by atoms with E-state index in [1.54, 1.807) is 0 Å². The van der Waals surface area contributed by atoms with Crippen molar-refractivity contribution in [3.8, 4) is 5.75 Å². The summed E-state index contributed by atoms with van der Waals surface area (Å²) in [5, 5.41) is 0. The average molecular weight is 371 g/mol. The number of rotatable bonds is 4. The van der Waals surface area contributed by atoms with Crippen molar-refractivity contribution in [3.63, 3.8) is 0 Å². The van der Waals surface area contributed by atoms with Crippen LogP contribution in [-0.4, -0.2) is 18.6 Å². The molecule has 1 heterocycles. The Kier molecular flexibility index (Phi) is 5.10. The topological polar surface area (TPSA) is 30.8 Å². The molecule has 1 aliphatic carbocycles. The van der Waals surface area contributed by atoms with E-state index in [9.17, 15) is 8.78 Å². The highest BCUT2D eigenvalue weighted by atomic mass is 19.1. The van der Waals surface area contributed by atoms with Crippen LogP contribution >= 0.6 is 0 Å². The third-order valence-corrected chi connectivity index (χ3v) is 5.28. The number of hydrogen-bond donors (Lipinski definition) is 0. The highest BCUT2D eigenvalue weighted by molar-refractivity contribution is 5.95. The molecule has 5 heteroatoms. The summed E-state index contributed by atoms with van der Waals surface area (Å²) in [6.45, 7) is 2.27. The van der Waals surface area contributed by atoms with Crippen LogP contribution in [0.1, 0.15) is 54.8 Å². The van der Waals surface area contributed by atoms with Crippen LogP contribution in [0.3, 0.4) is 0 Å². The summed E-state index contributed by atoms with van der Waals surface area (Å²) in [6, 6.07) is 9.42. The minimum atomic E-state index is -0.664. The van der Waals surface area contributed by atoms with Gasteiger partial charge in [0.25, 0.3) is 0 Å². The van der Waals surface area contributed by atoms with Crippen LogP contribution in [0.25, 0.3) is 0 Å². The number of hydrogen-bond acceptors (Lipinski definition) is 3. The maximum Gasteiger partial charge on any atom is 0.222 e. The van der Waals surface area contributed by atoms with Crippen LogP contribution in [0, 0.1) is 18.6 Å². The van der Waals surface area contributed by atoms with Gasteiger partial charge in [0.15, 0.2) is 0 Å². The molecule has 0 aromatic heterocycles. The molecule has 0 amide bonds. The minimum absolute atomic E-state index is 0.0255. The molecule has 1 atom stereocenters. The van der Waals surface area contributed by atoms with Gasteiger partial charge in [0.1, 0.15) is 35.6 Å². The van der Waals surface area contributed by atoms with E-state index in [4.69, 9.17) is 9.47 Å². The van der Waals surface area contributed by atoms with Gasteiger partial charge in [-0.2, -0.15) is 0 Å². The number of aliphatic imine (C=N–C) groups is 1. The molecule has 4 rings (SSSR count). The maximum atomic E-state index is 14.0. The van der Waals surface area contributed by atoms with E-state index in [2.05, 4.69) is 4.99 Å². The van der Waals surface area contributed by atoms with Gasteiger partial charge in [0.05, 0.1) is 6.10 Å². The van der Waals surface area contributed by atoms with Gasteiger partial charge in [-0.05, 0) is 68.0 Å². The van der Waals surface area contributed by atoms with Crippen molar-refractivity contribution in [2.75, 3.05) is 6.61 Å². The lowest BCUT2D eigenvalue weighted by molar-refractivity contribution is 0.155. The zero-order valence-electron chi connectivity index (χ0n) is 15.4. The highest BCUT2D eigenvalue weighted by Crippen LogP contribution is 2.32. The molecule has 0 bridgehead atoms. The summed E-state index contributed by atoms with van der Waals surface area (Å²) in [5.41, 5.74) is 1.82. The Labute approximate surface area is 158 Å². The lowest BCUT2D eigenvalue weighted by atomic mass is 9.97. The van der Waals surface area contributed by atoms with Gasteiger partial charge in [-0.3, -0.25) is 0 Å². The molecule has 0 N–H and O–H groups in total. The number of aryl methyl sites for hydroxylation is 1. The van der Waals surface area contributed by atoms with E-state index >= 15 is 0 Å². The SMILES string of the molecule is Cc1cc(OC2CCCCC2)ccc1C1COC(c2c(F)cccc2F)=N1. The fourth-order valence-corrected chi connectivity index (χ4v) is 3.84. The highest BCUT2D eigenvalue weighted by Gasteiger charge is 2.27. The summed E-state index contributed by atoms with van der Waals surface area (Å²) in [6.07, 6.45) is 6.27. The van der Waals surface area contributed by atoms with E-state index in [0.29, 0.717) is 6.10 Å². The van der Waals surface area contributed by atoms with Crippen molar-refractivity contribution in [1.29, 1.82) is 0 Å². The van der Waals surface area contributed by atoms with Crippen LogP contribution in [0.4, 0.5) is 8.78 Å². The van der Waals surface area contributed by atoms with Gasteiger partial charge in [-0.15, -0.1) is 0 Å². The minimum Gasteiger partial charge on any atom is -0.490 e. The fraction of sp³-hybridized carbons (Fsp3) is 0.409. The van der Waals surface area contributed by atoms with Gasteiger partial charge in [0, 0.05) is 0 Å². The Hall–Kier alpha value is -2.43. The number of ether oxygens (including phenoxy) is 2. The van der Waals surface area contributed by atoms with Crippen LogP contribution in [-0.2, 0) is 4.74 Å². The van der Waals surface area contributed by atoms with Gasteiger partial charge < -0.3 is 9.47 Å². The molecule has 1 fully saturated rings. The standard InChI is InChI=1S/C22H23F2NO2/c1-14-12-16(27-15-6-3-2-4-7-15)10-11-17(14)20-13-26-22(25-20)21-18(23)8-5-9-19(21)24/h5,8-12,15,20H,2-4,6-7,13H2,1H3. The van der Waals surface area contributed by atoms with Gasteiger partial charge >= 0.3 is 0 Å². The van der Waals surface area contributed by atoms with Crippen LogP contribution < -0.4 is 4.74 Å². The fourth-order valence-electron chi connectivity index (χ4n) is 3.84. The first-order valence-electron chi connectivity index (χ1n) is 9.54. The molecule has 3 nitrogen and oxygen atoms in total. The molecule has 2 aromatic carbocycles.